The first-order valence-corrected chi connectivity index (χ1v) is 14.1. The van der Waals surface area contributed by atoms with Crippen LogP contribution >= 0.6 is 17.0 Å². The Labute approximate surface area is 203 Å². The van der Waals surface area contributed by atoms with Gasteiger partial charge in [0.15, 0.2) is 0 Å². The van der Waals surface area contributed by atoms with Gasteiger partial charge in [-0.05, 0) is 51.4 Å². The van der Waals surface area contributed by atoms with Gasteiger partial charge in [0.25, 0.3) is 0 Å². The molecule has 0 radical (unpaired) electrons. The molecular formula is C28H61BrN+. The molecule has 0 aromatic heterocycles. The van der Waals surface area contributed by atoms with E-state index in [0.29, 0.717) is 0 Å². The van der Waals surface area contributed by atoms with Crippen LogP contribution < -0.4 is 0 Å². The average molecular weight is 492 g/mol. The molecule has 0 rings (SSSR count). The van der Waals surface area contributed by atoms with Gasteiger partial charge < -0.3 is 4.48 Å². The molecule has 0 N–H and O–H groups in total. The number of halogens is 1. The van der Waals surface area contributed by atoms with Crippen LogP contribution in [0.3, 0.4) is 0 Å². The minimum atomic E-state index is 0. The molecule has 0 unspecified atom stereocenters. The summed E-state index contributed by atoms with van der Waals surface area (Å²) in [4.78, 5) is 0. The molecule has 0 bridgehead atoms. The molecule has 0 amide bonds. The number of quaternary nitrogens is 1. The molecule has 0 aromatic carbocycles. The summed E-state index contributed by atoms with van der Waals surface area (Å²) in [5.74, 6) is 0. The molecule has 30 heavy (non-hydrogen) atoms. The normalized spacial score (nSPS) is 11.6. The summed E-state index contributed by atoms with van der Waals surface area (Å²) in [6, 6.07) is 0. The van der Waals surface area contributed by atoms with Crippen molar-refractivity contribution in [1.29, 1.82) is 0 Å². The Morgan fingerprint density at radius 1 is 0.300 bits per heavy atom. The van der Waals surface area contributed by atoms with Crippen molar-refractivity contribution in [3.8, 4) is 0 Å². The fourth-order valence-electron chi connectivity index (χ4n) is 4.87. The Morgan fingerprint density at radius 2 is 0.500 bits per heavy atom. The van der Waals surface area contributed by atoms with Crippen LogP contribution in [0.15, 0.2) is 0 Å². The SMILES string of the molecule is Br.CCCCCCC[N+](CCCCCCC)(CCCCCCC)CCCCCCC. The summed E-state index contributed by atoms with van der Waals surface area (Å²) < 4.78 is 1.47. The summed E-state index contributed by atoms with van der Waals surface area (Å²) in [7, 11) is 0. The zero-order chi connectivity index (χ0) is 21.5. The monoisotopic (exact) mass is 490 g/mol. The Morgan fingerprint density at radius 3 is 0.700 bits per heavy atom. The van der Waals surface area contributed by atoms with E-state index in [1.54, 1.807) is 0 Å². The van der Waals surface area contributed by atoms with E-state index >= 15 is 0 Å². The molecule has 0 aliphatic carbocycles. The molecular weight excluding hydrogens is 430 g/mol. The molecule has 0 atom stereocenters. The second-order valence-corrected chi connectivity index (χ2v) is 9.89. The molecule has 1 nitrogen and oxygen atoms in total. The highest BCUT2D eigenvalue weighted by atomic mass is 79.9. The van der Waals surface area contributed by atoms with Crippen molar-refractivity contribution in [2.45, 2.75) is 156 Å². The zero-order valence-electron chi connectivity index (χ0n) is 21.8. The van der Waals surface area contributed by atoms with E-state index in [-0.39, 0.29) is 17.0 Å². The molecule has 0 spiro atoms. The molecule has 2 heteroatoms. The number of hydrogen-bond acceptors (Lipinski definition) is 0. The van der Waals surface area contributed by atoms with Crippen LogP contribution in [0.1, 0.15) is 156 Å². The summed E-state index contributed by atoms with van der Waals surface area (Å²) >= 11 is 0. The highest BCUT2D eigenvalue weighted by Crippen LogP contribution is 2.20. The topological polar surface area (TPSA) is 0 Å². The van der Waals surface area contributed by atoms with Crippen molar-refractivity contribution in [3.63, 3.8) is 0 Å². The summed E-state index contributed by atoms with van der Waals surface area (Å²) in [5, 5.41) is 0. The van der Waals surface area contributed by atoms with Crippen LogP contribution in [0.5, 0.6) is 0 Å². The summed E-state index contributed by atoms with van der Waals surface area (Å²) in [6.45, 7) is 15.2. The van der Waals surface area contributed by atoms with Crippen LogP contribution in [-0.4, -0.2) is 30.7 Å². The van der Waals surface area contributed by atoms with Crippen LogP contribution in [0, 0.1) is 0 Å². The minimum absolute atomic E-state index is 0. The van der Waals surface area contributed by atoms with Crippen molar-refractivity contribution in [2.75, 3.05) is 26.2 Å². The van der Waals surface area contributed by atoms with Crippen LogP contribution in [0.25, 0.3) is 0 Å². The standard InChI is InChI=1S/C28H60N.BrH/c1-5-9-13-17-21-25-29(26-22-18-14-10-6-2,27-23-19-15-11-7-3)28-24-20-16-12-8-4;/h5-28H2,1-4H3;1H/q+1;. The lowest BCUT2D eigenvalue weighted by Crippen LogP contribution is -2.50. The van der Waals surface area contributed by atoms with E-state index in [1.165, 1.54) is 159 Å². The van der Waals surface area contributed by atoms with Gasteiger partial charge >= 0.3 is 0 Å². The second kappa shape index (κ2) is 25.7. The third-order valence-corrected chi connectivity index (χ3v) is 6.94. The van der Waals surface area contributed by atoms with E-state index in [1.807, 2.05) is 0 Å². The first-order chi connectivity index (χ1) is 14.2. The van der Waals surface area contributed by atoms with Crippen molar-refractivity contribution in [1.82, 2.24) is 0 Å². The minimum Gasteiger partial charge on any atom is -0.324 e. The lowest BCUT2D eigenvalue weighted by Gasteiger charge is -2.39. The predicted octanol–water partition coefficient (Wildman–Crippen LogP) is 10.3. The van der Waals surface area contributed by atoms with Gasteiger partial charge in [-0.3, -0.25) is 0 Å². The molecule has 0 heterocycles. The first kappa shape index (κ1) is 32.6. The highest BCUT2D eigenvalue weighted by molar-refractivity contribution is 8.93. The van der Waals surface area contributed by atoms with Gasteiger partial charge in [-0.2, -0.15) is 0 Å². The molecule has 0 fully saturated rings. The van der Waals surface area contributed by atoms with Gasteiger partial charge in [-0.1, -0.05) is 105 Å². The fraction of sp³-hybridized carbons (Fsp3) is 1.00. The van der Waals surface area contributed by atoms with Crippen LogP contribution in [0.4, 0.5) is 0 Å². The third kappa shape index (κ3) is 20.3. The number of hydrogen-bond donors (Lipinski definition) is 0. The van der Waals surface area contributed by atoms with Gasteiger partial charge in [0.1, 0.15) is 0 Å². The third-order valence-electron chi connectivity index (χ3n) is 6.94. The van der Waals surface area contributed by atoms with Crippen LogP contribution in [-0.2, 0) is 0 Å². The maximum absolute atomic E-state index is 2.34. The number of nitrogens with zero attached hydrogens (tertiary/aromatic N) is 1. The Balaban J connectivity index is 0. The van der Waals surface area contributed by atoms with Crippen LogP contribution in [0.2, 0.25) is 0 Å². The molecule has 0 aliphatic heterocycles. The van der Waals surface area contributed by atoms with E-state index < -0.39 is 0 Å². The van der Waals surface area contributed by atoms with Crippen molar-refractivity contribution < 1.29 is 4.48 Å². The van der Waals surface area contributed by atoms with E-state index in [2.05, 4.69) is 27.7 Å². The average Bonchev–Trinajstić information content (AvgIpc) is 2.73. The van der Waals surface area contributed by atoms with Crippen molar-refractivity contribution in [3.05, 3.63) is 0 Å². The summed E-state index contributed by atoms with van der Waals surface area (Å²) in [5.41, 5.74) is 0. The molecule has 0 aliphatic rings. The molecule has 0 saturated heterocycles. The smallest absolute Gasteiger partial charge is 0.0786 e. The van der Waals surface area contributed by atoms with Gasteiger partial charge in [0.2, 0.25) is 0 Å². The maximum Gasteiger partial charge on any atom is 0.0786 e. The molecule has 0 saturated carbocycles. The van der Waals surface area contributed by atoms with E-state index in [9.17, 15) is 0 Å². The molecule has 184 valence electrons. The second-order valence-electron chi connectivity index (χ2n) is 9.89. The lowest BCUT2D eigenvalue weighted by molar-refractivity contribution is -0.929. The number of unbranched alkanes of at least 4 members (excludes halogenated alkanes) is 16. The number of rotatable bonds is 24. The first-order valence-electron chi connectivity index (χ1n) is 14.1. The predicted molar refractivity (Wildman–Crippen MR) is 145 cm³/mol. The summed E-state index contributed by atoms with van der Waals surface area (Å²) in [6.07, 6.45) is 28.8. The largest absolute Gasteiger partial charge is 0.324 e. The maximum atomic E-state index is 2.34. The van der Waals surface area contributed by atoms with Gasteiger partial charge in [0.05, 0.1) is 26.2 Å². The Kier molecular flexibility index (Phi) is 27.9. The Hall–Kier alpha value is 0.440. The quantitative estimate of drug-likeness (QED) is 0.0930. The van der Waals surface area contributed by atoms with Gasteiger partial charge in [0, 0.05) is 0 Å². The van der Waals surface area contributed by atoms with Gasteiger partial charge in [-0.25, -0.2) is 0 Å². The van der Waals surface area contributed by atoms with Crippen molar-refractivity contribution >= 4 is 17.0 Å². The van der Waals surface area contributed by atoms with Crippen molar-refractivity contribution in [2.24, 2.45) is 0 Å². The lowest BCUT2D eigenvalue weighted by atomic mass is 10.1. The molecule has 0 aromatic rings. The zero-order valence-corrected chi connectivity index (χ0v) is 23.5. The fourth-order valence-corrected chi connectivity index (χ4v) is 4.87. The van der Waals surface area contributed by atoms with Gasteiger partial charge in [-0.15, -0.1) is 17.0 Å². The van der Waals surface area contributed by atoms with E-state index in [4.69, 9.17) is 0 Å². The highest BCUT2D eigenvalue weighted by Gasteiger charge is 2.25. The van der Waals surface area contributed by atoms with E-state index in [0.717, 1.165) is 0 Å². The Bertz CT molecular complexity index is 244.